The van der Waals surface area contributed by atoms with Crippen molar-refractivity contribution in [2.45, 2.75) is 25.8 Å². The number of halogens is 2. The second-order valence-electron chi connectivity index (χ2n) is 8.92. The number of pyridine rings is 2. The first-order valence-corrected chi connectivity index (χ1v) is 11.5. The van der Waals surface area contributed by atoms with Crippen molar-refractivity contribution < 1.29 is 14.0 Å². The summed E-state index contributed by atoms with van der Waals surface area (Å²) < 4.78 is 28.8. The molecule has 1 saturated heterocycles. The lowest BCUT2D eigenvalue weighted by Gasteiger charge is -2.34. The molecule has 2 aromatic carbocycles. The minimum Gasteiger partial charge on any atom is -0.411 e. The molecule has 1 aliphatic heterocycles. The molecule has 4 aromatic rings. The number of anilines is 1. The Kier molecular flexibility index (Phi) is 6.13. The van der Waals surface area contributed by atoms with Crippen LogP contribution in [0.1, 0.15) is 24.0 Å². The Morgan fingerprint density at radius 2 is 1.83 bits per heavy atom. The molecule has 0 saturated carbocycles. The third kappa shape index (κ3) is 4.44. The number of fused-ring (bicyclic) bond motifs is 1. The molecule has 5 rings (SSSR count). The first-order valence-electron chi connectivity index (χ1n) is 11.5. The lowest BCUT2D eigenvalue weighted by Crippen LogP contribution is -2.40. The molecule has 1 aliphatic rings. The summed E-state index contributed by atoms with van der Waals surface area (Å²) in [5.74, 6) is -0.896. The molecule has 0 unspecified atom stereocenters. The van der Waals surface area contributed by atoms with E-state index in [2.05, 4.69) is 20.0 Å². The van der Waals surface area contributed by atoms with E-state index in [1.165, 1.54) is 18.3 Å². The zero-order valence-electron chi connectivity index (χ0n) is 19.2. The van der Waals surface area contributed by atoms with E-state index in [0.717, 1.165) is 71.6 Å². The normalized spacial score (nSPS) is 14.8. The van der Waals surface area contributed by atoms with Gasteiger partial charge in [0.05, 0.1) is 23.6 Å². The van der Waals surface area contributed by atoms with Crippen LogP contribution in [0.5, 0.6) is 0 Å². The topological polar surface area (TPSA) is 87.6 Å². The highest BCUT2D eigenvalue weighted by atomic mass is 19.1. The molecule has 8 heteroatoms. The van der Waals surface area contributed by atoms with Gasteiger partial charge in [-0.2, -0.15) is 0 Å². The van der Waals surface area contributed by atoms with Crippen LogP contribution in [0.25, 0.3) is 33.2 Å². The van der Waals surface area contributed by atoms with E-state index in [-0.39, 0.29) is 17.4 Å². The van der Waals surface area contributed by atoms with Gasteiger partial charge in [-0.3, -0.25) is 9.97 Å². The van der Waals surface area contributed by atoms with Crippen molar-refractivity contribution in [3.8, 4) is 22.3 Å². The summed E-state index contributed by atoms with van der Waals surface area (Å²) in [5.41, 5.74) is 11.6. The predicted molar refractivity (Wildman–Crippen MR) is 134 cm³/mol. The summed E-state index contributed by atoms with van der Waals surface area (Å²) in [6.45, 7) is 3.38. The predicted octanol–water partition coefficient (Wildman–Crippen LogP) is 5.29. The minimum atomic E-state index is -0.590. The SMILES string of the molecule is Cc1cc(F)cc(-c2cnc3ccc(-c4cncc(F)c4/C=N/O)cc3c2N2CCC(N)CC2)c1. The Bertz CT molecular complexity index is 1410. The summed E-state index contributed by atoms with van der Waals surface area (Å²) in [7, 11) is 0. The van der Waals surface area contributed by atoms with Crippen molar-refractivity contribution in [1.29, 1.82) is 0 Å². The van der Waals surface area contributed by atoms with Crippen LogP contribution in [0.2, 0.25) is 0 Å². The van der Waals surface area contributed by atoms with Crippen molar-refractivity contribution in [2.24, 2.45) is 10.9 Å². The molecular formula is C27H25F2N5O. The van der Waals surface area contributed by atoms with Crippen LogP contribution in [0.15, 0.2) is 60.1 Å². The van der Waals surface area contributed by atoms with E-state index in [1.807, 2.05) is 31.2 Å². The summed E-state index contributed by atoms with van der Waals surface area (Å²) in [6.07, 6.45) is 7.15. The molecule has 35 heavy (non-hydrogen) atoms. The number of benzene rings is 2. The van der Waals surface area contributed by atoms with Gasteiger partial charge in [-0.25, -0.2) is 8.78 Å². The van der Waals surface area contributed by atoms with Crippen molar-refractivity contribution in [3.05, 3.63) is 77.8 Å². The van der Waals surface area contributed by atoms with Gasteiger partial charge in [0.15, 0.2) is 5.82 Å². The fourth-order valence-corrected chi connectivity index (χ4v) is 4.78. The van der Waals surface area contributed by atoms with Gasteiger partial charge in [0.25, 0.3) is 0 Å². The summed E-state index contributed by atoms with van der Waals surface area (Å²) in [5, 5.41) is 12.9. The molecule has 0 bridgehead atoms. The molecule has 0 amide bonds. The zero-order chi connectivity index (χ0) is 24.5. The molecule has 0 radical (unpaired) electrons. The van der Waals surface area contributed by atoms with Gasteiger partial charge in [0.2, 0.25) is 0 Å². The Labute approximate surface area is 201 Å². The fourth-order valence-electron chi connectivity index (χ4n) is 4.78. The third-order valence-corrected chi connectivity index (χ3v) is 6.49. The molecule has 0 atom stereocenters. The molecule has 3 N–H and O–H groups in total. The lowest BCUT2D eigenvalue weighted by molar-refractivity contribution is 0.321. The average Bonchev–Trinajstić information content (AvgIpc) is 2.84. The first kappa shape index (κ1) is 22.9. The second kappa shape index (κ2) is 9.38. The zero-order valence-corrected chi connectivity index (χ0v) is 19.2. The number of aryl methyl sites for hydroxylation is 1. The van der Waals surface area contributed by atoms with Gasteiger partial charge in [-0.1, -0.05) is 17.3 Å². The summed E-state index contributed by atoms with van der Waals surface area (Å²) in [6, 6.07) is 10.8. The molecule has 178 valence electrons. The summed E-state index contributed by atoms with van der Waals surface area (Å²) in [4.78, 5) is 10.9. The van der Waals surface area contributed by atoms with Crippen LogP contribution in [0, 0.1) is 18.6 Å². The van der Waals surface area contributed by atoms with Gasteiger partial charge >= 0.3 is 0 Å². The number of oxime groups is 1. The van der Waals surface area contributed by atoms with Crippen molar-refractivity contribution >= 4 is 22.8 Å². The highest BCUT2D eigenvalue weighted by molar-refractivity contribution is 6.02. The molecule has 0 spiro atoms. The van der Waals surface area contributed by atoms with E-state index in [9.17, 15) is 8.78 Å². The van der Waals surface area contributed by atoms with Crippen LogP contribution >= 0.6 is 0 Å². The number of nitrogens with zero attached hydrogens (tertiary/aromatic N) is 4. The largest absolute Gasteiger partial charge is 0.411 e. The Hall–Kier alpha value is -3.91. The van der Waals surface area contributed by atoms with Gasteiger partial charge in [0.1, 0.15) is 5.82 Å². The van der Waals surface area contributed by atoms with E-state index in [0.29, 0.717) is 11.1 Å². The Morgan fingerprint density at radius 1 is 1.03 bits per heavy atom. The van der Waals surface area contributed by atoms with Gasteiger partial charge in [0, 0.05) is 53.6 Å². The monoisotopic (exact) mass is 473 g/mol. The third-order valence-electron chi connectivity index (χ3n) is 6.49. The maximum absolute atomic E-state index is 14.5. The van der Waals surface area contributed by atoms with E-state index in [4.69, 9.17) is 10.9 Å². The maximum atomic E-state index is 14.5. The Morgan fingerprint density at radius 3 is 2.57 bits per heavy atom. The van der Waals surface area contributed by atoms with E-state index < -0.39 is 5.82 Å². The molecule has 2 aromatic heterocycles. The van der Waals surface area contributed by atoms with Crippen LogP contribution in [0.4, 0.5) is 14.5 Å². The molecule has 0 aliphatic carbocycles. The average molecular weight is 474 g/mol. The quantitative estimate of drug-likeness (QED) is 0.239. The number of piperidine rings is 1. The number of hydrogen-bond donors (Lipinski definition) is 2. The second-order valence-corrected chi connectivity index (χ2v) is 8.92. The fraction of sp³-hybridized carbons (Fsp3) is 0.222. The van der Waals surface area contributed by atoms with Gasteiger partial charge in [-0.05, 0) is 60.7 Å². The van der Waals surface area contributed by atoms with Gasteiger partial charge in [-0.15, -0.1) is 0 Å². The minimum absolute atomic E-state index is 0.136. The first-order chi connectivity index (χ1) is 16.9. The molecule has 6 nitrogen and oxygen atoms in total. The molecule has 1 fully saturated rings. The molecular weight excluding hydrogens is 448 g/mol. The van der Waals surface area contributed by atoms with Crippen LogP contribution in [0.3, 0.4) is 0 Å². The van der Waals surface area contributed by atoms with Crippen molar-refractivity contribution in [3.63, 3.8) is 0 Å². The summed E-state index contributed by atoms with van der Waals surface area (Å²) >= 11 is 0. The van der Waals surface area contributed by atoms with Crippen LogP contribution in [-0.2, 0) is 0 Å². The van der Waals surface area contributed by atoms with Crippen molar-refractivity contribution in [2.75, 3.05) is 18.0 Å². The van der Waals surface area contributed by atoms with E-state index >= 15 is 0 Å². The smallest absolute Gasteiger partial charge is 0.150 e. The van der Waals surface area contributed by atoms with Crippen LogP contribution < -0.4 is 10.6 Å². The maximum Gasteiger partial charge on any atom is 0.150 e. The van der Waals surface area contributed by atoms with Crippen LogP contribution in [-0.4, -0.2) is 40.5 Å². The number of nitrogens with two attached hydrogens (primary N) is 1. The molecule has 3 heterocycles. The standard InChI is InChI=1S/C27H25F2N5O/c1-16-8-18(10-19(28)9-16)23-13-32-26-3-2-17(22-12-31-15-25(29)24(22)14-33-35)11-21(26)27(23)34-6-4-20(30)5-7-34/h2-3,8-15,20,35H,4-7,30H2,1H3/b33-14+. The van der Waals surface area contributed by atoms with Crippen molar-refractivity contribution in [1.82, 2.24) is 9.97 Å². The number of hydrogen-bond acceptors (Lipinski definition) is 6. The van der Waals surface area contributed by atoms with E-state index in [1.54, 1.807) is 6.20 Å². The lowest BCUT2D eigenvalue weighted by atomic mass is 9.95. The highest BCUT2D eigenvalue weighted by Crippen LogP contribution is 2.40. The number of rotatable bonds is 4. The number of aromatic nitrogens is 2. The Balaban J connectivity index is 1.76. The highest BCUT2D eigenvalue weighted by Gasteiger charge is 2.23. The van der Waals surface area contributed by atoms with Gasteiger partial charge < -0.3 is 15.8 Å².